The van der Waals surface area contributed by atoms with Crippen LogP contribution in [-0.4, -0.2) is 23.5 Å². The van der Waals surface area contributed by atoms with Crippen LogP contribution < -0.4 is 0 Å². The molecule has 0 saturated carbocycles. The lowest BCUT2D eigenvalue weighted by molar-refractivity contribution is 0.517. The molecule has 0 N–H and O–H groups in total. The fourth-order valence-electron chi connectivity index (χ4n) is 2.55. The largest absolute Gasteiger partial charge is 0.369 e. The maximum atomic E-state index is 5.44. The Bertz CT molecular complexity index is 604. The highest BCUT2D eigenvalue weighted by Gasteiger charge is 2.15. The third-order valence-electron chi connectivity index (χ3n) is 3.80. The van der Waals surface area contributed by atoms with Crippen molar-refractivity contribution in [3.05, 3.63) is 59.7 Å². The molecule has 0 fully saturated rings. The molecule has 19 heavy (non-hydrogen) atoms. The normalized spacial score (nSPS) is 15.0. The molecule has 0 aliphatic carbocycles. The first kappa shape index (κ1) is 12.4. The average Bonchev–Trinajstić information content (AvgIpc) is 2.59. The molecule has 3 rings (SSSR count). The van der Waals surface area contributed by atoms with Gasteiger partial charge in [0.05, 0.1) is 4.99 Å². The van der Waals surface area contributed by atoms with Crippen LogP contribution in [0.2, 0.25) is 0 Å². The van der Waals surface area contributed by atoms with Gasteiger partial charge in [-0.1, -0.05) is 60.7 Å². The van der Waals surface area contributed by atoms with Gasteiger partial charge >= 0.3 is 0 Å². The van der Waals surface area contributed by atoms with Crippen molar-refractivity contribution in [3.8, 4) is 11.1 Å². The maximum absolute atomic E-state index is 5.44. The van der Waals surface area contributed by atoms with Gasteiger partial charge in [-0.15, -0.1) is 0 Å². The molecule has 0 amide bonds. The number of fused-ring (bicyclic) bond motifs is 1. The van der Waals surface area contributed by atoms with E-state index >= 15 is 0 Å². The summed E-state index contributed by atoms with van der Waals surface area (Å²) in [7, 11) is 2.09. The first-order chi connectivity index (χ1) is 9.24. The zero-order chi connectivity index (χ0) is 13.2. The van der Waals surface area contributed by atoms with Crippen molar-refractivity contribution in [2.45, 2.75) is 12.8 Å². The zero-order valence-corrected chi connectivity index (χ0v) is 11.9. The highest BCUT2D eigenvalue weighted by atomic mass is 32.1. The van der Waals surface area contributed by atoms with E-state index in [1.807, 2.05) is 0 Å². The van der Waals surface area contributed by atoms with Crippen molar-refractivity contribution in [1.82, 2.24) is 4.90 Å². The van der Waals surface area contributed by atoms with Crippen molar-refractivity contribution in [3.63, 3.8) is 0 Å². The summed E-state index contributed by atoms with van der Waals surface area (Å²) in [6.07, 6.45) is 1.98. The van der Waals surface area contributed by atoms with E-state index in [1.54, 1.807) is 0 Å². The number of thiocarbonyl (C=S) groups is 1. The minimum atomic E-state index is 0.899. The summed E-state index contributed by atoms with van der Waals surface area (Å²) >= 11 is 5.44. The summed E-state index contributed by atoms with van der Waals surface area (Å²) in [6, 6.07) is 17.3. The van der Waals surface area contributed by atoms with Crippen molar-refractivity contribution >= 4 is 17.2 Å². The van der Waals surface area contributed by atoms with Crippen LogP contribution in [0.25, 0.3) is 11.1 Å². The number of hydrogen-bond acceptors (Lipinski definition) is 1. The van der Waals surface area contributed by atoms with E-state index in [2.05, 4.69) is 60.5 Å². The van der Waals surface area contributed by atoms with E-state index in [1.165, 1.54) is 22.3 Å². The van der Waals surface area contributed by atoms with E-state index in [0.717, 1.165) is 24.4 Å². The Balaban J connectivity index is 1.99. The van der Waals surface area contributed by atoms with Crippen LogP contribution >= 0.6 is 12.2 Å². The molecule has 1 aliphatic heterocycles. The first-order valence-electron chi connectivity index (χ1n) is 6.65. The van der Waals surface area contributed by atoms with E-state index in [9.17, 15) is 0 Å². The quantitative estimate of drug-likeness (QED) is 0.725. The molecule has 1 aliphatic rings. The van der Waals surface area contributed by atoms with Gasteiger partial charge in [-0.2, -0.15) is 0 Å². The molecule has 0 bridgehead atoms. The summed E-state index contributed by atoms with van der Waals surface area (Å²) in [5, 5.41) is 0. The number of rotatable bonds is 1. The Morgan fingerprint density at radius 3 is 2.53 bits per heavy atom. The maximum Gasteiger partial charge on any atom is 0.0821 e. The van der Waals surface area contributed by atoms with Crippen molar-refractivity contribution in [1.29, 1.82) is 0 Å². The minimum Gasteiger partial charge on any atom is -0.369 e. The monoisotopic (exact) mass is 267 g/mol. The van der Waals surface area contributed by atoms with Gasteiger partial charge in [0, 0.05) is 20.0 Å². The Morgan fingerprint density at radius 1 is 0.947 bits per heavy atom. The van der Waals surface area contributed by atoms with E-state index in [0.29, 0.717) is 0 Å². The number of hydrogen-bond donors (Lipinski definition) is 0. The second-order valence-electron chi connectivity index (χ2n) is 5.09. The Labute approximate surface area is 119 Å². The van der Waals surface area contributed by atoms with Gasteiger partial charge in [-0.05, 0) is 28.7 Å². The summed E-state index contributed by atoms with van der Waals surface area (Å²) in [5.41, 5.74) is 5.40. The fourth-order valence-corrected chi connectivity index (χ4v) is 2.80. The van der Waals surface area contributed by atoms with E-state index in [4.69, 9.17) is 12.2 Å². The molecule has 0 spiro atoms. The van der Waals surface area contributed by atoms with Crippen LogP contribution in [0.15, 0.2) is 48.5 Å². The Morgan fingerprint density at radius 2 is 1.74 bits per heavy atom. The molecule has 0 unspecified atom stereocenters. The van der Waals surface area contributed by atoms with Crippen LogP contribution in [-0.2, 0) is 12.8 Å². The average molecular weight is 267 g/mol. The standard InChI is InChI=1S/C17H17NS/c1-18-10-9-16-11-14(13-5-3-2-4-6-13)7-8-15(16)12-17(18)19/h2-8,11H,9-10,12H2,1H3. The zero-order valence-electron chi connectivity index (χ0n) is 11.1. The summed E-state index contributed by atoms with van der Waals surface area (Å²) < 4.78 is 0. The summed E-state index contributed by atoms with van der Waals surface area (Å²) in [4.78, 5) is 3.24. The minimum absolute atomic E-state index is 0.899. The smallest absolute Gasteiger partial charge is 0.0821 e. The third kappa shape index (κ3) is 2.54. The fraction of sp³-hybridized carbons (Fsp3) is 0.235. The van der Waals surface area contributed by atoms with E-state index in [-0.39, 0.29) is 0 Å². The topological polar surface area (TPSA) is 3.24 Å². The molecule has 2 aromatic carbocycles. The SMILES string of the molecule is CN1CCc2cc(-c3ccccc3)ccc2CC1=S. The number of nitrogens with zero attached hydrogens (tertiary/aromatic N) is 1. The number of benzene rings is 2. The highest BCUT2D eigenvalue weighted by Crippen LogP contribution is 2.25. The molecule has 1 heterocycles. The van der Waals surface area contributed by atoms with E-state index < -0.39 is 0 Å². The highest BCUT2D eigenvalue weighted by molar-refractivity contribution is 7.80. The molecule has 1 nitrogen and oxygen atoms in total. The summed E-state index contributed by atoms with van der Waals surface area (Å²) in [6.45, 7) is 1.02. The van der Waals surface area contributed by atoms with Crippen LogP contribution in [0, 0.1) is 0 Å². The van der Waals surface area contributed by atoms with Gasteiger partial charge in [0.1, 0.15) is 0 Å². The molecular formula is C17H17NS. The van der Waals surface area contributed by atoms with Crippen LogP contribution in [0.3, 0.4) is 0 Å². The second kappa shape index (κ2) is 5.14. The third-order valence-corrected chi connectivity index (χ3v) is 4.25. The van der Waals surface area contributed by atoms with Gasteiger partial charge in [0.2, 0.25) is 0 Å². The van der Waals surface area contributed by atoms with Gasteiger partial charge in [-0.3, -0.25) is 0 Å². The van der Waals surface area contributed by atoms with Crippen molar-refractivity contribution in [2.24, 2.45) is 0 Å². The molecular weight excluding hydrogens is 250 g/mol. The predicted octanol–water partition coefficient (Wildman–Crippen LogP) is 3.71. The van der Waals surface area contributed by atoms with Gasteiger partial charge in [-0.25, -0.2) is 0 Å². The predicted molar refractivity (Wildman–Crippen MR) is 84.5 cm³/mol. The number of likely N-dealkylation sites (N-methyl/N-ethyl adjacent to an activating group) is 1. The molecule has 96 valence electrons. The lowest BCUT2D eigenvalue weighted by atomic mass is 9.96. The van der Waals surface area contributed by atoms with Crippen molar-refractivity contribution < 1.29 is 0 Å². The van der Waals surface area contributed by atoms with Gasteiger partial charge in [0.25, 0.3) is 0 Å². The van der Waals surface area contributed by atoms with Crippen molar-refractivity contribution in [2.75, 3.05) is 13.6 Å². The molecule has 0 atom stereocenters. The lowest BCUT2D eigenvalue weighted by Crippen LogP contribution is -2.26. The Kier molecular flexibility index (Phi) is 3.34. The second-order valence-corrected chi connectivity index (χ2v) is 5.56. The molecule has 2 aromatic rings. The molecule has 0 saturated heterocycles. The van der Waals surface area contributed by atoms with Crippen LogP contribution in [0.5, 0.6) is 0 Å². The van der Waals surface area contributed by atoms with Crippen LogP contribution in [0.4, 0.5) is 0 Å². The Hall–Kier alpha value is -1.67. The molecule has 0 radical (unpaired) electrons. The first-order valence-corrected chi connectivity index (χ1v) is 7.06. The lowest BCUT2D eigenvalue weighted by Gasteiger charge is -2.15. The van der Waals surface area contributed by atoms with Gasteiger partial charge < -0.3 is 4.90 Å². The molecule has 0 aromatic heterocycles. The summed E-state index contributed by atoms with van der Waals surface area (Å²) in [5.74, 6) is 0. The van der Waals surface area contributed by atoms with Crippen LogP contribution in [0.1, 0.15) is 11.1 Å². The molecule has 2 heteroatoms. The van der Waals surface area contributed by atoms with Gasteiger partial charge in [0.15, 0.2) is 0 Å².